The summed E-state index contributed by atoms with van der Waals surface area (Å²) in [5.41, 5.74) is -0.629. The van der Waals surface area contributed by atoms with Crippen molar-refractivity contribution < 1.29 is 26.3 Å². The minimum absolute atomic E-state index is 0.0588. The van der Waals surface area contributed by atoms with Gasteiger partial charge in [-0.1, -0.05) is 31.5 Å². The summed E-state index contributed by atoms with van der Waals surface area (Å²) in [6.07, 6.45) is -9.44. The zero-order chi connectivity index (χ0) is 17.6. The summed E-state index contributed by atoms with van der Waals surface area (Å²) >= 11 is 0. The van der Waals surface area contributed by atoms with E-state index in [1.165, 1.54) is 24.3 Å². The van der Waals surface area contributed by atoms with E-state index in [-0.39, 0.29) is 5.69 Å². The van der Waals surface area contributed by atoms with Gasteiger partial charge in [-0.3, -0.25) is 5.01 Å². The fourth-order valence-electron chi connectivity index (χ4n) is 1.31. The van der Waals surface area contributed by atoms with E-state index in [1.807, 2.05) is 13.8 Å². The lowest BCUT2D eigenvalue weighted by Crippen LogP contribution is -2.33. The van der Waals surface area contributed by atoms with Gasteiger partial charge in [-0.25, -0.2) is 0 Å². The average Bonchev–Trinajstić information content (AvgIpc) is 2.38. The smallest absolute Gasteiger partial charge is 0.256 e. The van der Waals surface area contributed by atoms with Crippen LogP contribution < -0.4 is 5.01 Å². The summed E-state index contributed by atoms with van der Waals surface area (Å²) < 4.78 is 74.4. The lowest BCUT2D eigenvalue weighted by molar-refractivity contribution is -0.120. The molecule has 0 radical (unpaired) electrons. The van der Waals surface area contributed by atoms with E-state index in [4.69, 9.17) is 0 Å². The first-order chi connectivity index (χ1) is 9.99. The van der Waals surface area contributed by atoms with Gasteiger partial charge >= 0.3 is 12.4 Å². The van der Waals surface area contributed by atoms with Crippen molar-refractivity contribution in [3.05, 3.63) is 29.8 Å². The first-order valence-corrected chi connectivity index (χ1v) is 6.52. The van der Waals surface area contributed by atoms with Crippen molar-refractivity contribution in [3.63, 3.8) is 0 Å². The Morgan fingerprint density at radius 2 is 1.45 bits per heavy atom. The fraction of sp³-hybridized carbons (Fsp3) is 0.500. The third-order valence-corrected chi connectivity index (χ3v) is 2.34. The third kappa shape index (κ3) is 7.33. The highest BCUT2D eigenvalue weighted by atomic mass is 19.4. The van der Waals surface area contributed by atoms with Crippen LogP contribution in [0.5, 0.6) is 0 Å². The molecule has 0 fully saturated rings. The Bertz CT molecular complexity index is 474. The van der Waals surface area contributed by atoms with Gasteiger partial charge in [0.15, 0.2) is 0 Å². The van der Waals surface area contributed by atoms with Crippen LogP contribution in [0.25, 0.3) is 0 Å². The van der Waals surface area contributed by atoms with E-state index in [9.17, 15) is 26.3 Å². The number of hydrazone groups is 1. The third-order valence-electron chi connectivity index (χ3n) is 2.34. The van der Waals surface area contributed by atoms with Gasteiger partial charge in [0.1, 0.15) is 12.3 Å². The highest BCUT2D eigenvalue weighted by Crippen LogP contribution is 2.25. The van der Waals surface area contributed by atoms with E-state index in [0.29, 0.717) is 11.9 Å². The van der Waals surface area contributed by atoms with Crippen molar-refractivity contribution in [2.45, 2.75) is 40.0 Å². The molecule has 0 heterocycles. The molecule has 1 rings (SSSR count). The molecule has 0 aromatic heterocycles. The molecule has 2 nitrogen and oxygen atoms in total. The standard InChI is InChI=1S/C12H12F6N2.C2H6/c1-8-3-5-10(6-4-8)20(7-11(13,14)15)19-9(2)12(16,17)18;1-2/h3-6H,7H2,1-2H3;1-2H3/b19-9+;. The SMILES string of the molecule is C/C(=N\N(CC(F)(F)F)c1ccc(C)cc1)C(F)(F)F.CC. The molecule has 1 aromatic rings. The van der Waals surface area contributed by atoms with Gasteiger partial charge in [-0.15, -0.1) is 0 Å². The Labute approximate surface area is 125 Å². The van der Waals surface area contributed by atoms with Gasteiger partial charge in [0.05, 0.1) is 5.69 Å². The van der Waals surface area contributed by atoms with Gasteiger partial charge in [-0.05, 0) is 26.0 Å². The van der Waals surface area contributed by atoms with Crippen molar-refractivity contribution in [1.82, 2.24) is 0 Å². The van der Waals surface area contributed by atoms with Crippen molar-refractivity contribution in [1.29, 1.82) is 0 Å². The number of alkyl halides is 6. The number of nitrogens with zero attached hydrogens (tertiary/aromatic N) is 2. The maximum atomic E-state index is 12.4. The first kappa shape index (κ1) is 20.3. The topological polar surface area (TPSA) is 15.6 Å². The van der Waals surface area contributed by atoms with Crippen molar-refractivity contribution in [2.24, 2.45) is 5.10 Å². The number of hydrogen-bond acceptors (Lipinski definition) is 2. The molecule has 22 heavy (non-hydrogen) atoms. The second-order valence-corrected chi connectivity index (χ2v) is 4.19. The van der Waals surface area contributed by atoms with E-state index in [2.05, 4.69) is 5.10 Å². The zero-order valence-electron chi connectivity index (χ0n) is 12.7. The molecule has 0 saturated heterocycles. The normalized spacial score (nSPS) is 12.5. The molecule has 0 aliphatic heterocycles. The predicted octanol–water partition coefficient (Wildman–Crippen LogP) is 5.33. The summed E-state index contributed by atoms with van der Waals surface area (Å²) in [5.74, 6) is 0. The minimum Gasteiger partial charge on any atom is -0.256 e. The number of halogens is 6. The minimum atomic E-state index is -4.77. The van der Waals surface area contributed by atoms with Crippen LogP contribution in [0.3, 0.4) is 0 Å². The van der Waals surface area contributed by atoms with E-state index >= 15 is 0 Å². The second kappa shape index (κ2) is 8.05. The second-order valence-electron chi connectivity index (χ2n) is 4.19. The number of aryl methyl sites for hydroxylation is 1. The molecule has 1 aromatic carbocycles. The molecule has 0 saturated carbocycles. The largest absolute Gasteiger partial charge is 0.430 e. The Morgan fingerprint density at radius 3 is 1.82 bits per heavy atom. The lowest BCUT2D eigenvalue weighted by atomic mass is 10.2. The molecular formula is C14H18F6N2. The average molecular weight is 328 g/mol. The Morgan fingerprint density at radius 1 is 1.00 bits per heavy atom. The molecule has 0 spiro atoms. The number of hydrogen-bond donors (Lipinski definition) is 0. The van der Waals surface area contributed by atoms with Crippen LogP contribution in [0.15, 0.2) is 29.4 Å². The van der Waals surface area contributed by atoms with Crippen LogP contribution in [0, 0.1) is 6.92 Å². The quantitative estimate of drug-likeness (QED) is 0.416. The highest BCUT2D eigenvalue weighted by molar-refractivity contribution is 5.88. The molecule has 8 heteroatoms. The maximum absolute atomic E-state index is 12.4. The highest BCUT2D eigenvalue weighted by Gasteiger charge is 2.35. The number of rotatable bonds is 3. The van der Waals surface area contributed by atoms with Crippen LogP contribution in [-0.4, -0.2) is 24.6 Å². The first-order valence-electron chi connectivity index (χ1n) is 6.52. The Kier molecular flexibility index (Phi) is 7.42. The summed E-state index contributed by atoms with van der Waals surface area (Å²) in [7, 11) is 0. The molecule has 0 N–H and O–H groups in total. The van der Waals surface area contributed by atoms with Crippen LogP contribution in [0.4, 0.5) is 32.0 Å². The van der Waals surface area contributed by atoms with Crippen molar-refractivity contribution in [2.75, 3.05) is 11.6 Å². The molecule has 0 unspecified atom stereocenters. The number of benzene rings is 1. The van der Waals surface area contributed by atoms with E-state index in [1.54, 1.807) is 6.92 Å². The van der Waals surface area contributed by atoms with Crippen LogP contribution in [0.1, 0.15) is 26.3 Å². The monoisotopic (exact) mass is 328 g/mol. The van der Waals surface area contributed by atoms with Crippen LogP contribution in [-0.2, 0) is 0 Å². The van der Waals surface area contributed by atoms with Crippen molar-refractivity contribution in [3.8, 4) is 0 Å². The van der Waals surface area contributed by atoms with Gasteiger partial charge in [-0.2, -0.15) is 31.4 Å². The van der Waals surface area contributed by atoms with Gasteiger partial charge in [0.2, 0.25) is 0 Å². The molecular weight excluding hydrogens is 310 g/mol. The Hall–Kier alpha value is -1.73. The predicted molar refractivity (Wildman–Crippen MR) is 75.1 cm³/mol. The molecule has 0 amide bonds. The molecule has 0 atom stereocenters. The summed E-state index contributed by atoms with van der Waals surface area (Å²) in [6, 6.07) is 5.57. The molecule has 0 aliphatic rings. The molecule has 126 valence electrons. The van der Waals surface area contributed by atoms with Crippen LogP contribution >= 0.6 is 0 Å². The van der Waals surface area contributed by atoms with E-state index < -0.39 is 24.6 Å². The summed E-state index contributed by atoms with van der Waals surface area (Å²) in [4.78, 5) is 0. The zero-order valence-corrected chi connectivity index (χ0v) is 12.7. The molecule has 0 aliphatic carbocycles. The maximum Gasteiger partial charge on any atom is 0.430 e. The molecule has 0 bridgehead atoms. The summed E-state index contributed by atoms with van der Waals surface area (Å²) in [6.45, 7) is 4.74. The summed E-state index contributed by atoms with van der Waals surface area (Å²) in [5, 5.41) is 3.33. The van der Waals surface area contributed by atoms with E-state index in [0.717, 1.165) is 5.56 Å². The number of anilines is 1. The van der Waals surface area contributed by atoms with Gasteiger partial charge in [0, 0.05) is 0 Å². The van der Waals surface area contributed by atoms with Gasteiger partial charge < -0.3 is 0 Å². The van der Waals surface area contributed by atoms with Crippen molar-refractivity contribution >= 4 is 11.4 Å². The fourth-order valence-corrected chi connectivity index (χ4v) is 1.31. The Balaban J connectivity index is 0.00000211. The van der Waals surface area contributed by atoms with Gasteiger partial charge in [0.25, 0.3) is 0 Å². The lowest BCUT2D eigenvalue weighted by Gasteiger charge is -2.22. The van der Waals surface area contributed by atoms with Crippen LogP contribution in [0.2, 0.25) is 0 Å².